The molecule has 0 aliphatic heterocycles. The lowest BCUT2D eigenvalue weighted by atomic mass is 9.98. The summed E-state index contributed by atoms with van der Waals surface area (Å²) in [5, 5.41) is 4.72. The van der Waals surface area contributed by atoms with Gasteiger partial charge in [-0.3, -0.25) is 9.69 Å². The number of imidazole rings is 2. The number of alkyl carbamates (subject to hydrolysis) is 1. The molecule has 0 saturated heterocycles. The maximum Gasteiger partial charge on any atom is 0.407 e. The molecule has 5 aromatic rings. The molecule has 2 heterocycles. The zero-order chi connectivity index (χ0) is 31.8. The summed E-state index contributed by atoms with van der Waals surface area (Å²) in [5.74, 6) is 1.46. The number of carbonyl (C=O) groups excluding carboxylic acids is 2. The quantitative estimate of drug-likeness (QED) is 0.146. The van der Waals surface area contributed by atoms with Crippen molar-refractivity contribution in [2.75, 3.05) is 33.8 Å². The van der Waals surface area contributed by atoms with Crippen molar-refractivity contribution in [1.82, 2.24) is 35.1 Å². The molecule has 0 fully saturated rings. The highest BCUT2D eigenvalue weighted by Gasteiger charge is 2.16. The molecule has 0 saturated carbocycles. The van der Waals surface area contributed by atoms with E-state index in [2.05, 4.69) is 110 Å². The molecule has 0 radical (unpaired) electrons. The van der Waals surface area contributed by atoms with E-state index in [9.17, 15) is 9.59 Å². The molecule has 45 heavy (non-hydrogen) atoms. The SMILES string of the molecule is CCCN(C)Cc1ncc(-c2ccc(-c3ccc4cc(-c5cnc(CN(CCC)C(=O)CNC(=O)OC)[nH]5)ccc4c3)cc2)[nH]1. The summed E-state index contributed by atoms with van der Waals surface area (Å²) in [6.07, 6.45) is 4.98. The number of amides is 2. The zero-order valence-electron chi connectivity index (χ0n) is 26.4. The van der Waals surface area contributed by atoms with Crippen LogP contribution in [0.25, 0.3) is 44.4 Å². The molecule has 0 bridgehead atoms. The van der Waals surface area contributed by atoms with E-state index in [-0.39, 0.29) is 12.5 Å². The Labute approximate surface area is 263 Å². The van der Waals surface area contributed by atoms with Crippen LogP contribution in [-0.2, 0) is 22.6 Å². The van der Waals surface area contributed by atoms with Crippen LogP contribution in [0.5, 0.6) is 0 Å². The highest BCUT2D eigenvalue weighted by Crippen LogP contribution is 2.29. The topological polar surface area (TPSA) is 119 Å². The maximum absolute atomic E-state index is 12.7. The average Bonchev–Trinajstić information content (AvgIpc) is 3.73. The van der Waals surface area contributed by atoms with Gasteiger partial charge in [-0.1, -0.05) is 62.4 Å². The minimum Gasteiger partial charge on any atom is -0.453 e. The van der Waals surface area contributed by atoms with E-state index in [4.69, 9.17) is 0 Å². The molecule has 5 rings (SSSR count). The molecule has 10 nitrogen and oxygen atoms in total. The van der Waals surface area contributed by atoms with E-state index in [0.717, 1.165) is 76.2 Å². The maximum atomic E-state index is 12.7. The summed E-state index contributed by atoms with van der Waals surface area (Å²) < 4.78 is 4.56. The molecule has 0 atom stereocenters. The number of nitrogens with one attached hydrogen (secondary N) is 3. The van der Waals surface area contributed by atoms with Gasteiger partial charge >= 0.3 is 6.09 Å². The average molecular weight is 608 g/mol. The number of ether oxygens (including phenoxy) is 1. The Morgan fingerprint density at radius 1 is 0.756 bits per heavy atom. The third-order valence-electron chi connectivity index (χ3n) is 7.72. The number of nitrogens with zero attached hydrogens (tertiary/aromatic N) is 4. The predicted molar refractivity (Wildman–Crippen MR) is 177 cm³/mol. The monoisotopic (exact) mass is 607 g/mol. The number of benzene rings is 3. The second-order valence-corrected chi connectivity index (χ2v) is 11.2. The Morgan fingerprint density at radius 2 is 1.31 bits per heavy atom. The van der Waals surface area contributed by atoms with Crippen LogP contribution in [0.3, 0.4) is 0 Å². The van der Waals surface area contributed by atoms with Gasteiger partial charge < -0.3 is 24.9 Å². The molecule has 0 spiro atoms. The second kappa shape index (κ2) is 14.7. The summed E-state index contributed by atoms with van der Waals surface area (Å²) in [7, 11) is 3.38. The summed E-state index contributed by atoms with van der Waals surface area (Å²) >= 11 is 0. The van der Waals surface area contributed by atoms with Gasteiger partial charge in [-0.25, -0.2) is 14.8 Å². The smallest absolute Gasteiger partial charge is 0.407 e. The Hall–Kier alpha value is -4.96. The van der Waals surface area contributed by atoms with E-state index in [1.807, 2.05) is 13.1 Å². The third-order valence-corrected chi connectivity index (χ3v) is 7.72. The van der Waals surface area contributed by atoms with Crippen LogP contribution in [0, 0.1) is 0 Å². The van der Waals surface area contributed by atoms with Crippen LogP contribution in [0.2, 0.25) is 0 Å². The molecule has 3 N–H and O–H groups in total. The fourth-order valence-corrected chi connectivity index (χ4v) is 5.40. The lowest BCUT2D eigenvalue weighted by Crippen LogP contribution is -2.40. The number of hydrogen-bond donors (Lipinski definition) is 3. The molecule has 0 aliphatic rings. The van der Waals surface area contributed by atoms with Gasteiger partial charge in [0.1, 0.15) is 18.2 Å². The lowest BCUT2D eigenvalue weighted by molar-refractivity contribution is -0.130. The molecule has 2 amide bonds. The van der Waals surface area contributed by atoms with E-state index < -0.39 is 6.09 Å². The van der Waals surface area contributed by atoms with Crippen molar-refractivity contribution in [1.29, 1.82) is 0 Å². The molecular formula is C35H41N7O3. The van der Waals surface area contributed by atoms with E-state index in [1.165, 1.54) is 7.11 Å². The fourth-order valence-electron chi connectivity index (χ4n) is 5.40. The van der Waals surface area contributed by atoms with E-state index >= 15 is 0 Å². The number of methoxy groups -OCH3 is 1. The number of carbonyl (C=O) groups is 2. The lowest BCUT2D eigenvalue weighted by Gasteiger charge is -2.21. The summed E-state index contributed by atoms with van der Waals surface area (Å²) in [4.78, 5) is 43.9. The van der Waals surface area contributed by atoms with Gasteiger partial charge in [-0.2, -0.15) is 0 Å². The van der Waals surface area contributed by atoms with Gasteiger partial charge in [0.15, 0.2) is 0 Å². The van der Waals surface area contributed by atoms with Gasteiger partial charge in [0.25, 0.3) is 0 Å². The Balaban J connectivity index is 1.26. The van der Waals surface area contributed by atoms with Crippen LogP contribution in [0.15, 0.2) is 73.1 Å². The molecule has 0 unspecified atom stereocenters. The number of rotatable bonds is 13. The van der Waals surface area contributed by atoms with Gasteiger partial charge in [0.2, 0.25) is 5.91 Å². The highest BCUT2D eigenvalue weighted by atomic mass is 16.5. The molecular weight excluding hydrogens is 566 g/mol. The van der Waals surface area contributed by atoms with Crippen LogP contribution in [0.4, 0.5) is 4.79 Å². The molecule has 10 heteroatoms. The summed E-state index contributed by atoms with van der Waals surface area (Å²) in [5.41, 5.74) is 6.33. The number of hydrogen-bond acceptors (Lipinski definition) is 6. The second-order valence-electron chi connectivity index (χ2n) is 11.2. The predicted octanol–water partition coefficient (Wildman–Crippen LogP) is 6.22. The van der Waals surface area contributed by atoms with Crippen molar-refractivity contribution in [2.24, 2.45) is 0 Å². The highest BCUT2D eigenvalue weighted by molar-refractivity contribution is 5.90. The first-order valence-corrected chi connectivity index (χ1v) is 15.4. The van der Waals surface area contributed by atoms with E-state index in [1.54, 1.807) is 11.1 Å². The minimum atomic E-state index is -0.633. The summed E-state index contributed by atoms with van der Waals surface area (Å²) in [6, 6.07) is 21.4. The van der Waals surface area contributed by atoms with Crippen LogP contribution >= 0.6 is 0 Å². The van der Waals surface area contributed by atoms with E-state index in [0.29, 0.717) is 18.9 Å². The number of fused-ring (bicyclic) bond motifs is 1. The Morgan fingerprint density at radius 3 is 1.96 bits per heavy atom. The molecule has 3 aromatic carbocycles. The van der Waals surface area contributed by atoms with Crippen molar-refractivity contribution < 1.29 is 14.3 Å². The minimum absolute atomic E-state index is 0.126. The first kappa shape index (κ1) is 31.5. The first-order chi connectivity index (χ1) is 21.9. The Kier molecular flexibility index (Phi) is 10.3. The van der Waals surface area contributed by atoms with Crippen molar-refractivity contribution in [2.45, 2.75) is 39.8 Å². The standard InChI is InChI=1S/C35H41N7O3/c1-5-15-41(3)22-32-36-19-30(39-32)25-9-7-24(8-10-25)26-11-12-28-18-29(14-13-27(28)17-26)31-20-37-33(40-31)23-42(16-6-2)34(43)21-38-35(44)45-4/h7-14,17-20H,5-6,15-16,21-23H2,1-4H3,(H,36,39)(H,37,40)(H,38,44). The van der Waals surface area contributed by atoms with Crippen molar-refractivity contribution >= 4 is 22.8 Å². The van der Waals surface area contributed by atoms with Crippen molar-refractivity contribution in [3.63, 3.8) is 0 Å². The van der Waals surface area contributed by atoms with Gasteiger partial charge in [-0.15, -0.1) is 0 Å². The van der Waals surface area contributed by atoms with Crippen molar-refractivity contribution in [3.8, 4) is 33.6 Å². The molecule has 0 aliphatic carbocycles. The molecule has 234 valence electrons. The van der Waals surface area contributed by atoms with Crippen LogP contribution in [0.1, 0.15) is 38.3 Å². The first-order valence-electron chi connectivity index (χ1n) is 15.4. The summed E-state index contributed by atoms with van der Waals surface area (Å²) in [6.45, 7) is 6.79. The van der Waals surface area contributed by atoms with Gasteiger partial charge in [0.05, 0.1) is 44.0 Å². The number of aromatic nitrogens is 4. The normalized spacial score (nSPS) is 11.2. The van der Waals surface area contributed by atoms with Gasteiger partial charge in [-0.05, 0) is 66.0 Å². The fraction of sp³-hybridized carbons (Fsp3) is 0.314. The van der Waals surface area contributed by atoms with Crippen molar-refractivity contribution in [3.05, 3.63) is 84.7 Å². The molecule has 2 aromatic heterocycles. The third kappa shape index (κ3) is 7.96. The van der Waals surface area contributed by atoms with Crippen LogP contribution in [-0.4, -0.2) is 75.5 Å². The largest absolute Gasteiger partial charge is 0.453 e. The number of H-pyrrole nitrogens is 2. The number of aromatic amines is 2. The van der Waals surface area contributed by atoms with Gasteiger partial charge in [0, 0.05) is 12.1 Å². The van der Waals surface area contributed by atoms with Crippen LogP contribution < -0.4 is 5.32 Å². The Bertz CT molecular complexity index is 1740. The zero-order valence-corrected chi connectivity index (χ0v) is 26.4.